The lowest BCUT2D eigenvalue weighted by Crippen LogP contribution is -2.27. The van der Waals surface area contributed by atoms with Crippen LogP contribution in [0.15, 0.2) is 12.7 Å². The van der Waals surface area contributed by atoms with Gasteiger partial charge in [-0.1, -0.05) is 6.58 Å². The Labute approximate surface area is 60.4 Å². The molecule has 1 amide bonds. The standard InChI is InChI=1S/C6H11NO.H4Si/c1-4-6(8)7-5(2)3;/h4-5H,1H2,2-3H3,(H,7,8);1H4. The van der Waals surface area contributed by atoms with Crippen LogP contribution < -0.4 is 5.32 Å². The summed E-state index contributed by atoms with van der Waals surface area (Å²) < 4.78 is 0. The van der Waals surface area contributed by atoms with Crippen LogP contribution in [0.1, 0.15) is 13.8 Å². The molecule has 0 saturated carbocycles. The van der Waals surface area contributed by atoms with Crippen molar-refractivity contribution in [3.05, 3.63) is 12.7 Å². The molecule has 0 unspecified atom stereocenters. The molecule has 0 atom stereocenters. The van der Waals surface area contributed by atoms with Crippen molar-refractivity contribution in [3.63, 3.8) is 0 Å². The highest BCUT2D eigenvalue weighted by Gasteiger charge is 1.93. The summed E-state index contributed by atoms with van der Waals surface area (Å²) in [5, 5.41) is 2.64. The van der Waals surface area contributed by atoms with Crippen LogP contribution in [0.5, 0.6) is 0 Å². The van der Waals surface area contributed by atoms with E-state index in [1.54, 1.807) is 0 Å². The molecular formula is C6H15NOSi. The highest BCUT2D eigenvalue weighted by atomic mass is 28.1. The van der Waals surface area contributed by atoms with E-state index < -0.39 is 0 Å². The molecule has 3 heteroatoms. The van der Waals surface area contributed by atoms with Gasteiger partial charge in [-0.15, -0.1) is 0 Å². The molecule has 0 aromatic rings. The van der Waals surface area contributed by atoms with Crippen molar-refractivity contribution in [2.45, 2.75) is 19.9 Å². The summed E-state index contributed by atoms with van der Waals surface area (Å²) in [6.45, 7) is 7.11. The maximum atomic E-state index is 10.4. The molecule has 0 saturated heterocycles. The summed E-state index contributed by atoms with van der Waals surface area (Å²) in [5.74, 6) is -0.111. The number of carbonyl (C=O) groups is 1. The van der Waals surface area contributed by atoms with E-state index in [0.717, 1.165) is 0 Å². The largest absolute Gasteiger partial charge is 0.350 e. The summed E-state index contributed by atoms with van der Waals surface area (Å²) >= 11 is 0. The Balaban J connectivity index is 0. The van der Waals surface area contributed by atoms with E-state index >= 15 is 0 Å². The number of hydrogen-bond acceptors (Lipinski definition) is 1. The monoisotopic (exact) mass is 145 g/mol. The molecule has 2 nitrogen and oxygen atoms in total. The fourth-order valence-corrected chi connectivity index (χ4v) is 0.343. The van der Waals surface area contributed by atoms with E-state index in [1.165, 1.54) is 6.08 Å². The van der Waals surface area contributed by atoms with Gasteiger partial charge in [0, 0.05) is 6.04 Å². The molecule has 0 aliphatic heterocycles. The number of carbonyl (C=O) groups excluding carboxylic acids is 1. The Hall–Kier alpha value is -0.573. The second-order valence-corrected chi connectivity index (χ2v) is 1.87. The van der Waals surface area contributed by atoms with Gasteiger partial charge in [-0.2, -0.15) is 0 Å². The minimum Gasteiger partial charge on any atom is -0.350 e. The van der Waals surface area contributed by atoms with Crippen LogP contribution in [0.3, 0.4) is 0 Å². The van der Waals surface area contributed by atoms with E-state index in [9.17, 15) is 4.79 Å². The Morgan fingerprint density at radius 1 is 1.67 bits per heavy atom. The number of hydrogen-bond donors (Lipinski definition) is 1. The third-order valence-electron chi connectivity index (χ3n) is 0.616. The molecule has 0 spiro atoms. The van der Waals surface area contributed by atoms with Gasteiger partial charge in [0.1, 0.15) is 0 Å². The van der Waals surface area contributed by atoms with Gasteiger partial charge in [0.15, 0.2) is 0 Å². The van der Waals surface area contributed by atoms with Crippen LogP contribution in [0, 0.1) is 0 Å². The van der Waals surface area contributed by atoms with Crippen molar-refractivity contribution >= 4 is 16.9 Å². The van der Waals surface area contributed by atoms with Crippen LogP contribution in [-0.2, 0) is 4.79 Å². The minimum absolute atomic E-state index is 0. The van der Waals surface area contributed by atoms with Crippen molar-refractivity contribution in [2.75, 3.05) is 0 Å². The van der Waals surface area contributed by atoms with E-state index in [2.05, 4.69) is 11.9 Å². The highest BCUT2D eigenvalue weighted by Crippen LogP contribution is 1.75. The maximum absolute atomic E-state index is 10.4. The van der Waals surface area contributed by atoms with Crippen molar-refractivity contribution in [1.29, 1.82) is 0 Å². The van der Waals surface area contributed by atoms with E-state index in [0.29, 0.717) is 0 Å². The zero-order valence-electron chi connectivity index (χ0n) is 5.27. The quantitative estimate of drug-likeness (QED) is 0.402. The van der Waals surface area contributed by atoms with Gasteiger partial charge in [-0.25, -0.2) is 0 Å². The zero-order chi connectivity index (χ0) is 6.57. The molecule has 1 N–H and O–H groups in total. The van der Waals surface area contributed by atoms with Crippen molar-refractivity contribution in [3.8, 4) is 0 Å². The first-order valence-electron chi connectivity index (χ1n) is 2.59. The molecule has 0 aromatic heterocycles. The average molecular weight is 145 g/mol. The summed E-state index contributed by atoms with van der Waals surface area (Å²) in [5.41, 5.74) is 0. The lowest BCUT2D eigenvalue weighted by molar-refractivity contribution is -0.116. The Morgan fingerprint density at radius 2 is 2.11 bits per heavy atom. The molecule has 0 aliphatic rings. The molecule has 0 aliphatic carbocycles. The first kappa shape index (κ1) is 11.3. The molecule has 0 heterocycles. The van der Waals surface area contributed by atoms with Crippen molar-refractivity contribution in [2.24, 2.45) is 0 Å². The molecule has 0 radical (unpaired) electrons. The van der Waals surface area contributed by atoms with E-state index in [1.807, 2.05) is 13.8 Å². The lowest BCUT2D eigenvalue weighted by Gasteiger charge is -2.02. The van der Waals surface area contributed by atoms with Crippen LogP contribution in [0.2, 0.25) is 0 Å². The SMILES string of the molecule is C=CC(=O)NC(C)C.[SiH4]. The fraction of sp³-hybridized carbons (Fsp3) is 0.500. The molecule has 9 heavy (non-hydrogen) atoms. The van der Waals surface area contributed by atoms with Crippen LogP contribution in [-0.4, -0.2) is 22.9 Å². The van der Waals surface area contributed by atoms with Gasteiger partial charge in [0.05, 0.1) is 0 Å². The lowest BCUT2D eigenvalue weighted by atomic mass is 10.4. The van der Waals surface area contributed by atoms with Gasteiger partial charge in [0.25, 0.3) is 0 Å². The first-order valence-corrected chi connectivity index (χ1v) is 2.59. The molecule has 0 fully saturated rings. The number of nitrogens with one attached hydrogen (secondary N) is 1. The van der Waals surface area contributed by atoms with Gasteiger partial charge in [-0.05, 0) is 30.9 Å². The van der Waals surface area contributed by atoms with Gasteiger partial charge < -0.3 is 5.32 Å². The van der Waals surface area contributed by atoms with Gasteiger partial charge in [0.2, 0.25) is 5.91 Å². The van der Waals surface area contributed by atoms with E-state index in [4.69, 9.17) is 0 Å². The number of amides is 1. The summed E-state index contributed by atoms with van der Waals surface area (Å²) in [4.78, 5) is 10.4. The highest BCUT2D eigenvalue weighted by molar-refractivity contribution is 5.86. The number of rotatable bonds is 2. The predicted octanol–water partition coefficient (Wildman–Crippen LogP) is -0.755. The van der Waals surface area contributed by atoms with Crippen molar-refractivity contribution < 1.29 is 4.79 Å². The second kappa shape index (κ2) is 5.56. The maximum Gasteiger partial charge on any atom is 0.243 e. The smallest absolute Gasteiger partial charge is 0.243 e. The third-order valence-corrected chi connectivity index (χ3v) is 0.616. The van der Waals surface area contributed by atoms with Crippen LogP contribution >= 0.6 is 0 Å². The average Bonchev–Trinajstić information content (AvgIpc) is 1.65. The van der Waals surface area contributed by atoms with E-state index in [-0.39, 0.29) is 22.9 Å². The predicted molar refractivity (Wildman–Crippen MR) is 44.8 cm³/mol. The molecule has 0 aromatic carbocycles. The molecule has 0 rings (SSSR count). The Morgan fingerprint density at radius 3 is 2.22 bits per heavy atom. The van der Waals surface area contributed by atoms with Gasteiger partial charge in [-0.3, -0.25) is 4.79 Å². The zero-order valence-corrected chi connectivity index (χ0v) is 5.27. The first-order chi connectivity index (χ1) is 3.66. The minimum atomic E-state index is -0.111. The van der Waals surface area contributed by atoms with Gasteiger partial charge >= 0.3 is 0 Å². The topological polar surface area (TPSA) is 29.1 Å². The molecular weight excluding hydrogens is 130 g/mol. The fourth-order valence-electron chi connectivity index (χ4n) is 0.343. The van der Waals surface area contributed by atoms with Crippen LogP contribution in [0.25, 0.3) is 0 Å². The Bertz CT molecular complexity index is 101. The normalized spacial score (nSPS) is 7.89. The van der Waals surface area contributed by atoms with Crippen molar-refractivity contribution in [1.82, 2.24) is 5.32 Å². The molecule has 54 valence electrons. The summed E-state index contributed by atoms with van der Waals surface area (Å²) in [6, 6.07) is 0.209. The summed E-state index contributed by atoms with van der Waals surface area (Å²) in [7, 11) is 0. The third kappa shape index (κ3) is 7.43. The molecule has 0 bridgehead atoms. The summed E-state index contributed by atoms with van der Waals surface area (Å²) in [6.07, 6.45) is 1.26. The Kier molecular flexibility index (Phi) is 6.95. The second-order valence-electron chi connectivity index (χ2n) is 1.87. The van der Waals surface area contributed by atoms with Crippen LogP contribution in [0.4, 0.5) is 0 Å².